The van der Waals surface area contributed by atoms with E-state index in [1.165, 1.54) is 0 Å². The lowest BCUT2D eigenvalue weighted by Gasteiger charge is -1.97. The molecule has 0 aliphatic carbocycles. The highest BCUT2D eigenvalue weighted by molar-refractivity contribution is 7.09. The zero-order valence-corrected chi connectivity index (χ0v) is 9.35. The van der Waals surface area contributed by atoms with Crippen molar-refractivity contribution >= 4 is 28.7 Å². The maximum atomic E-state index is 10.7. The summed E-state index contributed by atoms with van der Waals surface area (Å²) in [5.41, 5.74) is 5.27. The van der Waals surface area contributed by atoms with Gasteiger partial charge >= 0.3 is 0 Å². The molecular formula is C10H7N4O2S. The molecule has 0 atom stereocenters. The minimum atomic E-state index is -0.123. The van der Waals surface area contributed by atoms with Crippen molar-refractivity contribution in [3.63, 3.8) is 0 Å². The Hall–Kier alpha value is -2.28. The smallest absolute Gasteiger partial charge is 0.261 e. The molecule has 0 aliphatic rings. The highest BCUT2D eigenvalue weighted by atomic mass is 32.1. The number of anilines is 1. The van der Waals surface area contributed by atoms with Gasteiger partial charge in [0.2, 0.25) is 5.82 Å². The standard InChI is InChI=1S/C10H7N4O2S/c11-10-12-9(14-17-10)8(6-15)13-16-7-4-2-1-3-5-7/h1-5H,(H2,11,12,14)/b13-8-. The van der Waals surface area contributed by atoms with E-state index in [0.717, 1.165) is 11.5 Å². The molecule has 0 saturated carbocycles. The molecular weight excluding hydrogens is 240 g/mol. The number of aromatic nitrogens is 2. The molecule has 2 aromatic rings. The zero-order valence-electron chi connectivity index (χ0n) is 8.53. The quantitative estimate of drug-likeness (QED) is 0.643. The number of oxime groups is 1. The fourth-order valence-corrected chi connectivity index (χ4v) is 1.45. The second-order valence-electron chi connectivity index (χ2n) is 2.90. The van der Waals surface area contributed by atoms with Crippen LogP contribution in [0.25, 0.3) is 0 Å². The summed E-state index contributed by atoms with van der Waals surface area (Å²) in [4.78, 5) is 19.5. The van der Waals surface area contributed by atoms with Crippen LogP contribution in [-0.4, -0.2) is 21.4 Å². The van der Waals surface area contributed by atoms with E-state index < -0.39 is 0 Å². The van der Waals surface area contributed by atoms with Crippen LogP contribution in [0.1, 0.15) is 5.82 Å². The molecule has 2 N–H and O–H groups in total. The first kappa shape index (κ1) is 11.2. The Morgan fingerprint density at radius 1 is 1.41 bits per heavy atom. The molecule has 2 rings (SSSR count). The van der Waals surface area contributed by atoms with Gasteiger partial charge in [0, 0.05) is 11.5 Å². The zero-order chi connectivity index (χ0) is 12.1. The molecule has 0 aliphatic heterocycles. The van der Waals surface area contributed by atoms with Gasteiger partial charge in [0.05, 0.1) is 0 Å². The highest BCUT2D eigenvalue weighted by Gasteiger charge is 2.10. The average Bonchev–Trinajstić information content (AvgIpc) is 2.78. The Labute approximate surface area is 101 Å². The third kappa shape index (κ3) is 2.85. The fraction of sp³-hybridized carbons (Fsp3) is 0. The van der Waals surface area contributed by atoms with Crippen LogP contribution in [0.4, 0.5) is 5.13 Å². The first-order chi connectivity index (χ1) is 8.29. The van der Waals surface area contributed by atoms with Crippen LogP contribution in [0, 0.1) is 0 Å². The second kappa shape index (κ2) is 5.17. The topological polar surface area (TPSA) is 90.5 Å². The van der Waals surface area contributed by atoms with Gasteiger partial charge in [-0.05, 0) is 12.1 Å². The Morgan fingerprint density at radius 2 is 2.18 bits per heavy atom. The molecule has 7 heteroatoms. The van der Waals surface area contributed by atoms with Crippen LogP contribution >= 0.6 is 11.5 Å². The molecule has 17 heavy (non-hydrogen) atoms. The number of hydrogen-bond acceptors (Lipinski definition) is 7. The van der Waals surface area contributed by atoms with E-state index in [1.54, 1.807) is 30.6 Å². The van der Waals surface area contributed by atoms with E-state index >= 15 is 0 Å². The first-order valence-electron chi connectivity index (χ1n) is 4.57. The normalized spacial score (nSPS) is 11.2. The summed E-state index contributed by atoms with van der Waals surface area (Å²) in [6.45, 7) is 0. The van der Waals surface area contributed by atoms with Crippen LogP contribution < -0.4 is 10.6 Å². The van der Waals surface area contributed by atoms with Crippen molar-refractivity contribution in [2.45, 2.75) is 0 Å². The minimum Gasteiger partial charge on any atom is -0.374 e. The van der Waals surface area contributed by atoms with Crippen LogP contribution in [0.5, 0.6) is 5.75 Å². The van der Waals surface area contributed by atoms with Crippen molar-refractivity contribution in [3.05, 3.63) is 36.2 Å². The van der Waals surface area contributed by atoms with E-state index in [1.807, 2.05) is 6.07 Å². The summed E-state index contributed by atoms with van der Waals surface area (Å²) in [7, 11) is 0. The van der Waals surface area contributed by atoms with Crippen molar-refractivity contribution in [1.82, 2.24) is 9.36 Å². The van der Waals surface area contributed by atoms with Gasteiger partial charge in [0.25, 0.3) is 6.29 Å². The molecule has 1 radical (unpaired) electrons. The molecule has 0 bridgehead atoms. The minimum absolute atomic E-state index is 0.110. The summed E-state index contributed by atoms with van der Waals surface area (Å²) >= 11 is 0.971. The third-order valence-electron chi connectivity index (χ3n) is 1.74. The van der Waals surface area contributed by atoms with E-state index in [-0.39, 0.29) is 16.7 Å². The van der Waals surface area contributed by atoms with Crippen LogP contribution in [-0.2, 0) is 4.79 Å². The van der Waals surface area contributed by atoms with Crippen molar-refractivity contribution in [2.24, 2.45) is 5.16 Å². The Morgan fingerprint density at radius 3 is 2.76 bits per heavy atom. The maximum Gasteiger partial charge on any atom is 0.261 e. The first-order valence-corrected chi connectivity index (χ1v) is 5.34. The van der Waals surface area contributed by atoms with E-state index in [0.29, 0.717) is 5.75 Å². The predicted octanol–water partition coefficient (Wildman–Crippen LogP) is 1.01. The lowest BCUT2D eigenvalue weighted by molar-refractivity contribution is 0.342. The van der Waals surface area contributed by atoms with Crippen molar-refractivity contribution in [3.8, 4) is 5.75 Å². The van der Waals surface area contributed by atoms with Crippen LogP contribution in [0.15, 0.2) is 35.5 Å². The average molecular weight is 247 g/mol. The maximum absolute atomic E-state index is 10.7. The summed E-state index contributed by atoms with van der Waals surface area (Å²) in [5.74, 6) is 0.613. The Balaban J connectivity index is 2.16. The molecule has 85 valence electrons. The van der Waals surface area contributed by atoms with Crippen molar-refractivity contribution in [1.29, 1.82) is 0 Å². The number of nitrogens with two attached hydrogens (primary N) is 1. The molecule has 6 nitrogen and oxygen atoms in total. The van der Waals surface area contributed by atoms with E-state index in [4.69, 9.17) is 10.6 Å². The number of rotatable bonds is 4. The highest BCUT2D eigenvalue weighted by Crippen LogP contribution is 2.10. The van der Waals surface area contributed by atoms with Gasteiger partial charge in [-0.1, -0.05) is 23.4 Å². The van der Waals surface area contributed by atoms with Crippen LogP contribution in [0.2, 0.25) is 0 Å². The fourth-order valence-electron chi connectivity index (χ4n) is 1.02. The van der Waals surface area contributed by atoms with Gasteiger partial charge in [-0.2, -0.15) is 9.36 Å². The number of hydrogen-bond donors (Lipinski definition) is 1. The third-order valence-corrected chi connectivity index (χ3v) is 2.28. The number of nitrogen functional groups attached to an aromatic ring is 1. The van der Waals surface area contributed by atoms with Gasteiger partial charge in [-0.15, -0.1) is 0 Å². The van der Waals surface area contributed by atoms with E-state index in [2.05, 4.69) is 14.5 Å². The number of nitrogens with zero attached hydrogens (tertiary/aromatic N) is 3. The lowest BCUT2D eigenvalue weighted by atomic mass is 10.3. The second-order valence-corrected chi connectivity index (χ2v) is 3.69. The molecule has 1 heterocycles. The number of benzene rings is 1. The number of carbonyl (C=O) groups excluding carboxylic acids is 1. The SMILES string of the molecule is Nc1nc(/C([C]=O)=N\Oc2ccccc2)ns1. The van der Waals surface area contributed by atoms with E-state index in [9.17, 15) is 4.79 Å². The largest absolute Gasteiger partial charge is 0.374 e. The Kier molecular flexibility index (Phi) is 3.41. The van der Waals surface area contributed by atoms with Crippen molar-refractivity contribution < 1.29 is 9.63 Å². The lowest BCUT2D eigenvalue weighted by Crippen LogP contribution is -2.07. The molecule has 0 spiro atoms. The van der Waals surface area contributed by atoms with Crippen molar-refractivity contribution in [2.75, 3.05) is 5.73 Å². The summed E-state index contributed by atoms with van der Waals surface area (Å²) in [5, 5.41) is 3.87. The van der Waals surface area contributed by atoms with Gasteiger partial charge in [-0.3, -0.25) is 4.79 Å². The van der Waals surface area contributed by atoms with Gasteiger partial charge in [0.1, 0.15) is 0 Å². The Bertz CT molecular complexity index is 538. The number of para-hydroxylation sites is 1. The monoisotopic (exact) mass is 247 g/mol. The van der Waals surface area contributed by atoms with Crippen LogP contribution in [0.3, 0.4) is 0 Å². The molecule has 0 unspecified atom stereocenters. The van der Waals surface area contributed by atoms with Gasteiger partial charge in [0.15, 0.2) is 16.6 Å². The molecule has 0 fully saturated rings. The molecule has 0 saturated heterocycles. The summed E-state index contributed by atoms with van der Waals surface area (Å²) in [6.07, 6.45) is 1.60. The predicted molar refractivity (Wildman–Crippen MR) is 63.6 cm³/mol. The summed E-state index contributed by atoms with van der Waals surface area (Å²) < 4.78 is 3.83. The summed E-state index contributed by atoms with van der Waals surface area (Å²) in [6, 6.07) is 8.82. The molecule has 0 amide bonds. The molecule has 1 aromatic carbocycles. The molecule has 1 aromatic heterocycles. The van der Waals surface area contributed by atoms with Gasteiger partial charge in [-0.25, -0.2) is 0 Å². The van der Waals surface area contributed by atoms with Gasteiger partial charge < -0.3 is 10.6 Å².